The molecule has 0 saturated carbocycles. The number of carbonyl (C=O) groups excluding carboxylic acids is 1. The van der Waals surface area contributed by atoms with Gasteiger partial charge in [-0.3, -0.25) is 4.79 Å². The molecule has 0 aliphatic carbocycles. The van der Waals surface area contributed by atoms with Crippen molar-refractivity contribution in [2.45, 2.75) is 89.8 Å². The van der Waals surface area contributed by atoms with Crippen molar-refractivity contribution < 1.29 is 28.6 Å². The van der Waals surface area contributed by atoms with E-state index in [9.17, 15) is 10.0 Å². The lowest BCUT2D eigenvalue weighted by molar-refractivity contribution is -0.278. The molecule has 0 unspecified atom stereocenters. The van der Waals surface area contributed by atoms with Crippen LogP contribution < -0.4 is 0 Å². The molecule has 0 bridgehead atoms. The van der Waals surface area contributed by atoms with Gasteiger partial charge in [0.15, 0.2) is 14.6 Å². The minimum Gasteiger partial charge on any atom is -0.469 e. The largest absolute Gasteiger partial charge is 0.469 e. The number of methoxy groups -OCH3 is 1. The van der Waals surface area contributed by atoms with Gasteiger partial charge in [0.1, 0.15) is 6.10 Å². The molecule has 176 valence electrons. The average molecular weight is 454 g/mol. The molecule has 1 aromatic rings. The Balaban J connectivity index is 2.28. The van der Waals surface area contributed by atoms with Crippen molar-refractivity contribution in [2.24, 2.45) is 0 Å². The van der Waals surface area contributed by atoms with Crippen LogP contribution in [0, 0.1) is 0 Å². The summed E-state index contributed by atoms with van der Waals surface area (Å²) in [6, 6.07) is 9.26. The van der Waals surface area contributed by atoms with Crippen LogP contribution >= 0.6 is 0 Å². The Morgan fingerprint density at radius 3 is 2.52 bits per heavy atom. The third kappa shape index (κ3) is 7.37. The van der Waals surface area contributed by atoms with Gasteiger partial charge in [0.25, 0.3) is 0 Å². The van der Waals surface area contributed by atoms with Crippen molar-refractivity contribution >= 4 is 14.3 Å². The minimum atomic E-state index is -2.11. The topological polar surface area (TPSA) is 77.5 Å². The molecule has 2 rings (SSSR count). The molecule has 31 heavy (non-hydrogen) atoms. The predicted molar refractivity (Wildman–Crippen MR) is 121 cm³/mol. The minimum absolute atomic E-state index is 0.0189. The summed E-state index contributed by atoms with van der Waals surface area (Å²) in [5.74, 6) is -0.319. The summed E-state index contributed by atoms with van der Waals surface area (Å²) in [4.78, 5) is 11.9. The Morgan fingerprint density at radius 2 is 1.94 bits per heavy atom. The van der Waals surface area contributed by atoms with E-state index in [4.69, 9.17) is 18.6 Å². The lowest BCUT2D eigenvalue weighted by atomic mass is 9.99. The third-order valence-corrected chi connectivity index (χ3v) is 10.8. The van der Waals surface area contributed by atoms with Gasteiger partial charge in [0, 0.05) is 13.0 Å². The fourth-order valence-electron chi connectivity index (χ4n) is 3.41. The number of hydrogen-bond donors (Lipinski definition) is 1. The van der Waals surface area contributed by atoms with Gasteiger partial charge in [-0.2, -0.15) is 5.06 Å². The third-order valence-electron chi connectivity index (χ3n) is 6.28. The Bertz CT molecular complexity index is 693. The Hall–Kier alpha value is -1.29. The van der Waals surface area contributed by atoms with E-state index in [0.29, 0.717) is 19.6 Å². The van der Waals surface area contributed by atoms with E-state index in [0.717, 1.165) is 5.56 Å². The molecular weight excluding hydrogens is 414 g/mol. The van der Waals surface area contributed by atoms with Gasteiger partial charge in [0.2, 0.25) is 0 Å². The van der Waals surface area contributed by atoms with Crippen molar-refractivity contribution in [3.8, 4) is 0 Å². The second-order valence-corrected chi connectivity index (χ2v) is 14.4. The standard InChI is InChI=1S/C23H39NO6Si/c1-17-28-16-20(30-31(6,7)23(2,3)4)22(29-17)19(13-14-21(25)27-5)24(26)15-18-11-9-8-10-12-18/h8-12,17,19-20,22,26H,13-16H2,1-7H3/t17-,19+,20+,22+/m0/s1. The maximum atomic E-state index is 11.9. The summed E-state index contributed by atoms with van der Waals surface area (Å²) in [5, 5.41) is 12.4. The molecule has 1 aliphatic heterocycles. The number of hydrogen-bond acceptors (Lipinski definition) is 7. The van der Waals surface area contributed by atoms with Crippen LogP contribution in [0.5, 0.6) is 0 Å². The summed E-state index contributed by atoms with van der Waals surface area (Å²) in [6.07, 6.45) is -0.656. The summed E-state index contributed by atoms with van der Waals surface area (Å²) in [6.45, 7) is 13.5. The van der Waals surface area contributed by atoms with Gasteiger partial charge < -0.3 is 23.8 Å². The van der Waals surface area contributed by atoms with Crippen LogP contribution in [0.25, 0.3) is 0 Å². The molecule has 8 heteroatoms. The highest BCUT2D eigenvalue weighted by Gasteiger charge is 2.45. The monoisotopic (exact) mass is 453 g/mol. The molecule has 7 nitrogen and oxygen atoms in total. The summed E-state index contributed by atoms with van der Waals surface area (Å²) in [5.41, 5.74) is 0.968. The van der Waals surface area contributed by atoms with Crippen LogP contribution in [-0.4, -0.2) is 62.8 Å². The molecule has 1 saturated heterocycles. The van der Waals surface area contributed by atoms with E-state index in [1.807, 2.05) is 37.3 Å². The lowest BCUT2D eigenvalue weighted by Gasteiger charge is -2.46. The molecule has 0 radical (unpaired) electrons. The molecule has 4 atom stereocenters. The van der Waals surface area contributed by atoms with E-state index in [-0.39, 0.29) is 23.5 Å². The lowest BCUT2D eigenvalue weighted by Crippen LogP contribution is -2.58. The zero-order valence-electron chi connectivity index (χ0n) is 20.0. The van der Waals surface area contributed by atoms with Gasteiger partial charge in [-0.25, -0.2) is 0 Å². The van der Waals surface area contributed by atoms with Crippen LogP contribution in [-0.2, 0) is 30.0 Å². The van der Waals surface area contributed by atoms with Gasteiger partial charge in [-0.05, 0) is 37.0 Å². The second kappa shape index (κ2) is 11.0. The number of nitrogens with zero attached hydrogens (tertiary/aromatic N) is 1. The van der Waals surface area contributed by atoms with Crippen molar-refractivity contribution in [1.82, 2.24) is 5.06 Å². The van der Waals surface area contributed by atoms with E-state index in [2.05, 4.69) is 33.9 Å². The summed E-state index contributed by atoms with van der Waals surface area (Å²) in [7, 11) is -0.745. The SMILES string of the molecule is COC(=O)CC[C@H]([C@H]1O[C@@H](C)OC[C@H]1O[Si](C)(C)C(C)(C)C)N(O)Cc1ccccc1. The van der Waals surface area contributed by atoms with Crippen molar-refractivity contribution in [2.75, 3.05) is 13.7 Å². The Kier molecular flexibility index (Phi) is 9.23. The first-order chi connectivity index (χ1) is 14.4. The first-order valence-corrected chi connectivity index (χ1v) is 13.9. The predicted octanol–water partition coefficient (Wildman–Crippen LogP) is 4.35. The first-order valence-electron chi connectivity index (χ1n) is 11.0. The normalized spacial score (nSPS) is 23.6. The first kappa shape index (κ1) is 26.0. The smallest absolute Gasteiger partial charge is 0.305 e. The van der Waals surface area contributed by atoms with Crippen molar-refractivity contribution in [3.63, 3.8) is 0 Å². The van der Waals surface area contributed by atoms with Gasteiger partial charge in [-0.15, -0.1) is 0 Å². The molecule has 0 spiro atoms. The Morgan fingerprint density at radius 1 is 1.29 bits per heavy atom. The molecule has 1 aliphatic rings. The van der Waals surface area contributed by atoms with Gasteiger partial charge in [-0.1, -0.05) is 51.1 Å². The quantitative estimate of drug-likeness (QED) is 0.338. The number of esters is 1. The molecule has 0 aromatic heterocycles. The van der Waals surface area contributed by atoms with Crippen LogP contribution in [0.2, 0.25) is 18.1 Å². The average Bonchev–Trinajstić information content (AvgIpc) is 2.69. The highest BCUT2D eigenvalue weighted by Crippen LogP contribution is 2.39. The van der Waals surface area contributed by atoms with Crippen molar-refractivity contribution in [1.29, 1.82) is 0 Å². The highest BCUT2D eigenvalue weighted by atomic mass is 28.4. The van der Waals surface area contributed by atoms with E-state index in [1.165, 1.54) is 12.2 Å². The molecule has 1 heterocycles. The van der Waals surface area contributed by atoms with Crippen LogP contribution in [0.1, 0.15) is 46.1 Å². The number of hydroxylamine groups is 2. The van der Waals surface area contributed by atoms with Gasteiger partial charge >= 0.3 is 5.97 Å². The number of rotatable bonds is 9. The van der Waals surface area contributed by atoms with Crippen molar-refractivity contribution in [3.05, 3.63) is 35.9 Å². The van der Waals surface area contributed by atoms with Crippen LogP contribution in [0.4, 0.5) is 0 Å². The number of benzene rings is 1. The van der Waals surface area contributed by atoms with E-state index in [1.54, 1.807) is 0 Å². The molecule has 0 amide bonds. The number of ether oxygens (including phenoxy) is 3. The molecule has 1 N–H and O–H groups in total. The fourth-order valence-corrected chi connectivity index (χ4v) is 4.72. The van der Waals surface area contributed by atoms with E-state index < -0.39 is 26.8 Å². The van der Waals surface area contributed by atoms with Crippen LogP contribution in [0.3, 0.4) is 0 Å². The second-order valence-electron chi connectivity index (χ2n) is 9.68. The summed E-state index contributed by atoms with van der Waals surface area (Å²) < 4.78 is 23.4. The zero-order chi connectivity index (χ0) is 23.2. The highest BCUT2D eigenvalue weighted by molar-refractivity contribution is 6.74. The molecule has 1 aromatic carbocycles. The van der Waals surface area contributed by atoms with Crippen LogP contribution in [0.15, 0.2) is 30.3 Å². The fraction of sp³-hybridized carbons (Fsp3) is 0.696. The van der Waals surface area contributed by atoms with E-state index >= 15 is 0 Å². The maximum Gasteiger partial charge on any atom is 0.305 e. The zero-order valence-corrected chi connectivity index (χ0v) is 21.0. The number of carbonyl (C=O) groups is 1. The van der Waals surface area contributed by atoms with Gasteiger partial charge in [0.05, 0.1) is 25.9 Å². The molecular formula is C23H39NO6Si. The molecule has 1 fully saturated rings. The maximum absolute atomic E-state index is 11.9. The summed E-state index contributed by atoms with van der Waals surface area (Å²) >= 11 is 0. The Labute approximate surface area is 187 Å².